The van der Waals surface area contributed by atoms with Crippen LogP contribution in [0.1, 0.15) is 37.0 Å². The minimum absolute atomic E-state index is 0.0289. The molecule has 1 aliphatic rings. The molecule has 1 atom stereocenters. The zero-order chi connectivity index (χ0) is 22.1. The topological polar surface area (TPSA) is 61.8 Å². The number of hydrazone groups is 1. The van der Waals surface area contributed by atoms with Crippen LogP contribution in [0, 0.1) is 6.92 Å². The van der Waals surface area contributed by atoms with E-state index in [0.29, 0.717) is 6.42 Å². The van der Waals surface area contributed by atoms with Crippen molar-refractivity contribution >= 4 is 15.7 Å². The lowest BCUT2D eigenvalue weighted by Crippen LogP contribution is -2.56. The van der Waals surface area contributed by atoms with Gasteiger partial charge >= 0.3 is 0 Å². The standard InChI is InChI=1S/C25H27N3O2S/c1-19(2)26-25(22-12-8-5-9-13-22)18-24(21-10-6-4-7-11-21)27-28(25)31(29,30)23-16-14-20(3)15-17-23/h4-17,19,26H,18H2,1-3H3/t25-/m1/s1. The maximum atomic E-state index is 13.9. The molecule has 0 unspecified atom stereocenters. The number of aryl methyl sites for hydroxylation is 1. The molecule has 0 aliphatic carbocycles. The lowest BCUT2D eigenvalue weighted by Gasteiger charge is -2.39. The second-order valence-corrected chi connectivity index (χ2v) is 9.94. The van der Waals surface area contributed by atoms with E-state index in [2.05, 4.69) is 5.32 Å². The highest BCUT2D eigenvalue weighted by molar-refractivity contribution is 7.89. The number of nitrogens with one attached hydrogen (secondary N) is 1. The number of rotatable bonds is 6. The molecule has 0 saturated carbocycles. The molecule has 1 aliphatic heterocycles. The molecule has 6 heteroatoms. The number of nitrogens with zero attached hydrogens (tertiary/aromatic N) is 2. The highest BCUT2D eigenvalue weighted by Crippen LogP contribution is 2.41. The van der Waals surface area contributed by atoms with E-state index in [1.54, 1.807) is 12.1 Å². The molecule has 3 aromatic carbocycles. The average Bonchev–Trinajstić information content (AvgIpc) is 3.16. The Morgan fingerprint density at radius 1 is 0.903 bits per heavy atom. The fraction of sp³-hybridized carbons (Fsp3) is 0.240. The first-order valence-corrected chi connectivity index (χ1v) is 11.9. The van der Waals surface area contributed by atoms with Crippen LogP contribution in [-0.4, -0.2) is 24.6 Å². The normalized spacial score (nSPS) is 19.0. The molecule has 160 valence electrons. The average molecular weight is 434 g/mol. The van der Waals surface area contributed by atoms with Crippen molar-refractivity contribution < 1.29 is 8.42 Å². The Morgan fingerprint density at radius 3 is 2.06 bits per heavy atom. The summed E-state index contributed by atoms with van der Waals surface area (Å²) in [4.78, 5) is 0.224. The van der Waals surface area contributed by atoms with Crippen LogP contribution in [0.25, 0.3) is 0 Å². The van der Waals surface area contributed by atoms with E-state index in [4.69, 9.17) is 5.10 Å². The van der Waals surface area contributed by atoms with Gasteiger partial charge in [-0.1, -0.05) is 78.4 Å². The van der Waals surface area contributed by atoms with Crippen molar-refractivity contribution in [3.05, 3.63) is 102 Å². The van der Waals surface area contributed by atoms with E-state index in [-0.39, 0.29) is 10.9 Å². The molecule has 4 rings (SSSR count). The Kier molecular flexibility index (Phi) is 5.69. The van der Waals surface area contributed by atoms with Crippen LogP contribution in [0.2, 0.25) is 0 Å². The molecule has 0 spiro atoms. The molecular formula is C25H27N3O2S. The Bertz CT molecular complexity index is 1170. The van der Waals surface area contributed by atoms with Crippen molar-refractivity contribution in [3.8, 4) is 0 Å². The fourth-order valence-electron chi connectivity index (χ4n) is 3.99. The first-order valence-electron chi connectivity index (χ1n) is 10.4. The Hall–Kier alpha value is -2.96. The van der Waals surface area contributed by atoms with Gasteiger partial charge in [-0.25, -0.2) is 0 Å². The SMILES string of the molecule is Cc1ccc(S(=O)(=O)N2N=C(c3ccccc3)C[C@]2(NC(C)C)c2ccccc2)cc1. The Balaban J connectivity index is 1.93. The van der Waals surface area contributed by atoms with Crippen LogP contribution < -0.4 is 5.32 Å². The molecule has 3 aromatic rings. The number of hydrogen-bond acceptors (Lipinski definition) is 4. The van der Waals surface area contributed by atoms with Crippen LogP contribution >= 0.6 is 0 Å². The van der Waals surface area contributed by atoms with E-state index in [9.17, 15) is 8.42 Å². The summed E-state index contributed by atoms with van der Waals surface area (Å²) >= 11 is 0. The summed E-state index contributed by atoms with van der Waals surface area (Å²) in [6.07, 6.45) is 0.421. The highest BCUT2D eigenvalue weighted by Gasteiger charge is 2.50. The lowest BCUT2D eigenvalue weighted by atomic mass is 9.92. The molecule has 5 nitrogen and oxygen atoms in total. The summed E-state index contributed by atoms with van der Waals surface area (Å²) in [5, 5.41) is 8.25. The molecule has 1 N–H and O–H groups in total. The molecule has 31 heavy (non-hydrogen) atoms. The van der Waals surface area contributed by atoms with E-state index < -0.39 is 15.7 Å². The molecule has 0 fully saturated rings. The largest absolute Gasteiger partial charge is 0.286 e. The lowest BCUT2D eigenvalue weighted by molar-refractivity contribution is 0.156. The fourth-order valence-corrected chi connectivity index (χ4v) is 5.51. The van der Waals surface area contributed by atoms with Gasteiger partial charge in [-0.05, 0) is 44.0 Å². The Labute approximate surface area is 184 Å². The van der Waals surface area contributed by atoms with E-state index >= 15 is 0 Å². The molecule has 0 radical (unpaired) electrons. The van der Waals surface area contributed by atoms with E-state index in [1.807, 2.05) is 93.6 Å². The minimum atomic E-state index is -3.91. The van der Waals surface area contributed by atoms with Crippen LogP contribution in [0.5, 0.6) is 0 Å². The van der Waals surface area contributed by atoms with Gasteiger partial charge in [0, 0.05) is 12.5 Å². The van der Waals surface area contributed by atoms with Gasteiger partial charge in [-0.2, -0.15) is 17.9 Å². The number of benzene rings is 3. The number of hydrogen-bond donors (Lipinski definition) is 1. The third-order valence-corrected chi connectivity index (χ3v) is 7.11. The summed E-state index contributed by atoms with van der Waals surface area (Å²) < 4.78 is 29.0. The number of sulfonamides is 1. The third-order valence-electron chi connectivity index (χ3n) is 5.39. The van der Waals surface area contributed by atoms with Crippen molar-refractivity contribution in [1.29, 1.82) is 0 Å². The first-order chi connectivity index (χ1) is 14.8. The van der Waals surface area contributed by atoms with Gasteiger partial charge in [-0.15, -0.1) is 0 Å². The minimum Gasteiger partial charge on any atom is -0.286 e. The van der Waals surface area contributed by atoms with Gasteiger partial charge in [0.15, 0.2) is 5.66 Å². The third kappa shape index (κ3) is 4.01. The van der Waals surface area contributed by atoms with Crippen molar-refractivity contribution in [2.75, 3.05) is 0 Å². The monoisotopic (exact) mass is 433 g/mol. The summed E-state index contributed by atoms with van der Waals surface area (Å²) in [6, 6.07) is 26.4. The summed E-state index contributed by atoms with van der Waals surface area (Å²) in [5.74, 6) is 0. The highest BCUT2D eigenvalue weighted by atomic mass is 32.2. The van der Waals surface area contributed by atoms with Crippen LogP contribution in [0.3, 0.4) is 0 Å². The molecule has 0 aromatic heterocycles. The predicted octanol–water partition coefficient (Wildman–Crippen LogP) is 4.64. The van der Waals surface area contributed by atoms with Gasteiger partial charge in [-0.3, -0.25) is 5.32 Å². The first kappa shape index (κ1) is 21.3. The van der Waals surface area contributed by atoms with Gasteiger partial charge in [0.2, 0.25) is 0 Å². The van der Waals surface area contributed by atoms with Crippen molar-refractivity contribution in [2.24, 2.45) is 5.10 Å². The second-order valence-electron chi connectivity index (χ2n) is 8.18. The quantitative estimate of drug-likeness (QED) is 0.616. The zero-order valence-corrected chi connectivity index (χ0v) is 18.8. The van der Waals surface area contributed by atoms with Gasteiger partial charge < -0.3 is 0 Å². The van der Waals surface area contributed by atoms with Gasteiger partial charge in [0.25, 0.3) is 10.0 Å². The molecule has 0 amide bonds. The molecule has 0 saturated heterocycles. The van der Waals surface area contributed by atoms with Crippen molar-refractivity contribution in [2.45, 2.75) is 43.8 Å². The van der Waals surface area contributed by atoms with E-state index in [0.717, 1.165) is 22.4 Å². The predicted molar refractivity (Wildman–Crippen MR) is 124 cm³/mol. The van der Waals surface area contributed by atoms with Crippen LogP contribution in [-0.2, 0) is 15.7 Å². The van der Waals surface area contributed by atoms with Crippen molar-refractivity contribution in [3.63, 3.8) is 0 Å². The maximum Gasteiger partial charge on any atom is 0.281 e. The van der Waals surface area contributed by atoms with Gasteiger partial charge in [0.05, 0.1) is 10.6 Å². The molecule has 0 bridgehead atoms. The zero-order valence-electron chi connectivity index (χ0n) is 18.0. The summed E-state index contributed by atoms with van der Waals surface area (Å²) in [6.45, 7) is 5.97. The van der Waals surface area contributed by atoms with Crippen molar-refractivity contribution in [1.82, 2.24) is 9.73 Å². The van der Waals surface area contributed by atoms with Gasteiger partial charge in [0.1, 0.15) is 0 Å². The molecule has 1 heterocycles. The maximum absolute atomic E-state index is 13.9. The summed E-state index contributed by atoms with van der Waals surface area (Å²) in [5.41, 5.74) is 2.48. The van der Waals surface area contributed by atoms with Crippen LogP contribution in [0.15, 0.2) is 94.9 Å². The van der Waals surface area contributed by atoms with Crippen LogP contribution in [0.4, 0.5) is 0 Å². The van der Waals surface area contributed by atoms with E-state index in [1.165, 1.54) is 4.41 Å². The summed E-state index contributed by atoms with van der Waals surface area (Å²) in [7, 11) is -3.91. The Morgan fingerprint density at radius 2 is 1.48 bits per heavy atom. The second kappa shape index (κ2) is 8.29. The molecular weight excluding hydrogens is 406 g/mol. The smallest absolute Gasteiger partial charge is 0.281 e.